The fraction of sp³-hybridized carbons (Fsp3) is 0.588. The van der Waals surface area contributed by atoms with E-state index >= 15 is 0 Å². The highest BCUT2D eigenvalue weighted by Gasteiger charge is 2.33. The molecule has 2 aromatic rings. The third-order valence-electron chi connectivity index (χ3n) is 4.90. The van der Waals surface area contributed by atoms with E-state index in [2.05, 4.69) is 10.2 Å². The number of halogens is 3. The molecule has 4 nitrogen and oxygen atoms in total. The molecule has 0 spiro atoms. The minimum Gasteiger partial charge on any atom is -0.354 e. The van der Waals surface area contributed by atoms with Gasteiger partial charge in [-0.15, -0.1) is 21.5 Å². The number of aryl methyl sites for hydroxylation is 2. The van der Waals surface area contributed by atoms with Crippen LogP contribution in [-0.2, 0) is 19.0 Å². The summed E-state index contributed by atoms with van der Waals surface area (Å²) in [5, 5.41) is 8.32. The quantitative estimate of drug-likeness (QED) is 0.796. The SMILES string of the molecule is FC(F)(F)c1ccc(N2CCCC(c3nc4c(s3)CCCC4)C2)nn1. The van der Waals surface area contributed by atoms with Crippen molar-refractivity contribution in [3.8, 4) is 0 Å². The highest BCUT2D eigenvalue weighted by atomic mass is 32.1. The van der Waals surface area contributed by atoms with Crippen molar-refractivity contribution >= 4 is 17.2 Å². The van der Waals surface area contributed by atoms with Gasteiger partial charge in [-0.3, -0.25) is 0 Å². The van der Waals surface area contributed by atoms with Crippen LogP contribution in [0.1, 0.15) is 52.9 Å². The van der Waals surface area contributed by atoms with E-state index in [4.69, 9.17) is 4.98 Å². The van der Waals surface area contributed by atoms with Crippen molar-refractivity contribution in [3.05, 3.63) is 33.4 Å². The second-order valence-electron chi connectivity index (χ2n) is 6.69. The molecule has 1 unspecified atom stereocenters. The monoisotopic (exact) mass is 368 g/mol. The lowest BCUT2D eigenvalue weighted by atomic mass is 9.98. The average Bonchev–Trinajstić information content (AvgIpc) is 3.05. The summed E-state index contributed by atoms with van der Waals surface area (Å²) in [5.74, 6) is 0.840. The molecule has 8 heteroatoms. The number of alkyl halides is 3. The molecular weight excluding hydrogens is 349 g/mol. The Kier molecular flexibility index (Phi) is 4.39. The van der Waals surface area contributed by atoms with E-state index in [1.54, 1.807) is 0 Å². The Hall–Kier alpha value is -1.70. The van der Waals surface area contributed by atoms with Crippen molar-refractivity contribution in [2.45, 2.75) is 50.6 Å². The van der Waals surface area contributed by atoms with E-state index in [1.807, 2.05) is 16.2 Å². The predicted molar refractivity (Wildman–Crippen MR) is 90.0 cm³/mol. The van der Waals surface area contributed by atoms with Crippen molar-refractivity contribution in [2.75, 3.05) is 18.0 Å². The van der Waals surface area contributed by atoms with E-state index < -0.39 is 11.9 Å². The number of nitrogens with zero attached hydrogens (tertiary/aromatic N) is 4. The largest absolute Gasteiger partial charge is 0.435 e. The number of hydrogen-bond donors (Lipinski definition) is 0. The van der Waals surface area contributed by atoms with E-state index in [0.29, 0.717) is 11.7 Å². The molecule has 4 rings (SSSR count). The molecule has 0 bridgehead atoms. The summed E-state index contributed by atoms with van der Waals surface area (Å²) in [6.45, 7) is 1.54. The number of rotatable bonds is 2. The molecule has 1 aliphatic heterocycles. The van der Waals surface area contributed by atoms with Gasteiger partial charge < -0.3 is 4.90 Å². The Morgan fingerprint density at radius 1 is 1.08 bits per heavy atom. The minimum atomic E-state index is -4.45. The molecule has 2 aliphatic rings. The highest BCUT2D eigenvalue weighted by Crippen LogP contribution is 2.35. The molecule has 0 radical (unpaired) electrons. The van der Waals surface area contributed by atoms with Crippen LogP contribution in [0, 0.1) is 0 Å². The molecule has 0 aromatic carbocycles. The van der Waals surface area contributed by atoms with Gasteiger partial charge in [-0.05, 0) is 50.7 Å². The molecule has 0 N–H and O–H groups in total. The van der Waals surface area contributed by atoms with Gasteiger partial charge in [0.1, 0.15) is 0 Å². The number of hydrogen-bond acceptors (Lipinski definition) is 5. The second-order valence-corrected chi connectivity index (χ2v) is 7.80. The van der Waals surface area contributed by atoms with Crippen LogP contribution in [0.4, 0.5) is 19.0 Å². The predicted octanol–water partition coefficient (Wildman–Crippen LogP) is 4.21. The third kappa shape index (κ3) is 3.49. The maximum atomic E-state index is 12.6. The zero-order valence-electron chi connectivity index (χ0n) is 13.7. The first kappa shape index (κ1) is 16.8. The smallest absolute Gasteiger partial charge is 0.354 e. The lowest BCUT2D eigenvalue weighted by Crippen LogP contribution is -2.35. The van der Waals surface area contributed by atoms with Gasteiger partial charge in [-0.2, -0.15) is 13.2 Å². The topological polar surface area (TPSA) is 41.9 Å². The fourth-order valence-corrected chi connectivity index (χ4v) is 4.86. The lowest BCUT2D eigenvalue weighted by Gasteiger charge is -2.32. The highest BCUT2D eigenvalue weighted by molar-refractivity contribution is 7.11. The fourth-order valence-electron chi connectivity index (χ4n) is 3.58. The molecular formula is C17H19F3N4S. The van der Waals surface area contributed by atoms with Gasteiger partial charge in [0.05, 0.1) is 10.7 Å². The summed E-state index contributed by atoms with van der Waals surface area (Å²) in [6, 6.07) is 2.43. The Morgan fingerprint density at radius 2 is 1.92 bits per heavy atom. The Labute approximate surface area is 148 Å². The van der Waals surface area contributed by atoms with Gasteiger partial charge in [0.15, 0.2) is 11.5 Å². The average molecular weight is 368 g/mol. The Balaban J connectivity index is 1.50. The van der Waals surface area contributed by atoms with Crippen molar-refractivity contribution < 1.29 is 13.2 Å². The normalized spacial score (nSPS) is 21.2. The van der Waals surface area contributed by atoms with Gasteiger partial charge in [0, 0.05) is 23.9 Å². The van der Waals surface area contributed by atoms with Crippen LogP contribution in [0.2, 0.25) is 0 Å². The number of thiazole rings is 1. The first-order valence-corrected chi connectivity index (χ1v) is 9.47. The Bertz CT molecular complexity index is 718. The Morgan fingerprint density at radius 3 is 2.64 bits per heavy atom. The first-order valence-electron chi connectivity index (χ1n) is 8.65. The van der Waals surface area contributed by atoms with Crippen LogP contribution < -0.4 is 4.90 Å². The summed E-state index contributed by atoms with van der Waals surface area (Å²) in [7, 11) is 0. The summed E-state index contributed by atoms with van der Waals surface area (Å²) < 4.78 is 37.9. The van der Waals surface area contributed by atoms with Crippen molar-refractivity contribution in [3.63, 3.8) is 0 Å². The molecule has 1 aliphatic carbocycles. The third-order valence-corrected chi connectivity index (χ3v) is 6.22. The van der Waals surface area contributed by atoms with Crippen LogP contribution in [0.25, 0.3) is 0 Å². The van der Waals surface area contributed by atoms with Gasteiger partial charge in [-0.25, -0.2) is 4.98 Å². The van der Waals surface area contributed by atoms with Crippen molar-refractivity contribution in [1.82, 2.24) is 15.2 Å². The summed E-state index contributed by atoms with van der Waals surface area (Å²) in [4.78, 5) is 8.31. The van der Waals surface area contributed by atoms with Crippen molar-refractivity contribution in [1.29, 1.82) is 0 Å². The number of aromatic nitrogens is 3. The van der Waals surface area contributed by atoms with Crippen LogP contribution in [-0.4, -0.2) is 28.3 Å². The minimum absolute atomic E-state index is 0.327. The molecule has 3 heterocycles. The van der Waals surface area contributed by atoms with Crippen LogP contribution in [0.5, 0.6) is 0 Å². The summed E-state index contributed by atoms with van der Waals surface area (Å²) >= 11 is 1.82. The van der Waals surface area contributed by atoms with Gasteiger partial charge >= 0.3 is 6.18 Å². The van der Waals surface area contributed by atoms with E-state index in [0.717, 1.165) is 44.8 Å². The number of piperidine rings is 1. The van der Waals surface area contributed by atoms with Crippen LogP contribution in [0.3, 0.4) is 0 Å². The summed E-state index contributed by atoms with van der Waals surface area (Å²) in [5.41, 5.74) is 0.315. The van der Waals surface area contributed by atoms with Gasteiger partial charge in [0.25, 0.3) is 0 Å². The molecule has 1 atom stereocenters. The maximum Gasteiger partial charge on any atom is 0.435 e. The van der Waals surface area contributed by atoms with Gasteiger partial charge in [-0.1, -0.05) is 0 Å². The van der Waals surface area contributed by atoms with E-state index in [9.17, 15) is 13.2 Å². The second kappa shape index (κ2) is 6.55. The number of fused-ring (bicyclic) bond motifs is 1. The molecule has 0 amide bonds. The van der Waals surface area contributed by atoms with Crippen LogP contribution in [0.15, 0.2) is 12.1 Å². The zero-order chi connectivity index (χ0) is 17.4. The molecule has 0 saturated carbocycles. The molecule has 134 valence electrons. The molecule has 1 fully saturated rings. The zero-order valence-corrected chi connectivity index (χ0v) is 14.5. The first-order chi connectivity index (χ1) is 12.0. The summed E-state index contributed by atoms with van der Waals surface area (Å²) in [6.07, 6.45) is 2.27. The van der Waals surface area contributed by atoms with Crippen LogP contribution >= 0.6 is 11.3 Å². The molecule has 2 aromatic heterocycles. The standard InChI is InChI=1S/C17H19F3N4S/c18-17(19,20)14-7-8-15(23-22-14)24-9-3-4-11(10-24)16-21-12-5-1-2-6-13(12)25-16/h7-8,11H,1-6,9-10H2. The molecule has 1 saturated heterocycles. The lowest BCUT2D eigenvalue weighted by molar-refractivity contribution is -0.141. The molecule has 25 heavy (non-hydrogen) atoms. The van der Waals surface area contributed by atoms with E-state index in [-0.39, 0.29) is 0 Å². The van der Waals surface area contributed by atoms with Gasteiger partial charge in [0.2, 0.25) is 0 Å². The number of anilines is 1. The van der Waals surface area contributed by atoms with E-state index in [1.165, 1.54) is 34.5 Å². The van der Waals surface area contributed by atoms with Crippen molar-refractivity contribution in [2.24, 2.45) is 0 Å². The maximum absolute atomic E-state index is 12.6.